The van der Waals surface area contributed by atoms with Gasteiger partial charge >= 0.3 is 0 Å². The van der Waals surface area contributed by atoms with Crippen LogP contribution in [0, 0.1) is 11.8 Å². The Morgan fingerprint density at radius 1 is 1.44 bits per heavy atom. The van der Waals surface area contributed by atoms with Gasteiger partial charge in [0.2, 0.25) is 5.91 Å². The molecular weight excluding hydrogens is 206 g/mol. The lowest BCUT2D eigenvalue weighted by molar-refractivity contribution is -0.125. The van der Waals surface area contributed by atoms with Crippen molar-refractivity contribution in [1.29, 1.82) is 0 Å². The maximum atomic E-state index is 11.4. The van der Waals surface area contributed by atoms with E-state index in [4.69, 9.17) is 9.84 Å². The molecule has 16 heavy (non-hydrogen) atoms. The number of amides is 1. The van der Waals surface area contributed by atoms with Gasteiger partial charge in [0.1, 0.15) is 6.61 Å². The molecule has 0 aromatic rings. The number of ether oxygens (including phenoxy) is 1. The van der Waals surface area contributed by atoms with E-state index in [9.17, 15) is 4.79 Å². The minimum Gasteiger partial charge on any atom is -0.396 e. The fourth-order valence-corrected chi connectivity index (χ4v) is 2.23. The molecule has 1 fully saturated rings. The Kier molecular flexibility index (Phi) is 6.42. The van der Waals surface area contributed by atoms with Crippen molar-refractivity contribution in [2.45, 2.75) is 32.6 Å². The molecule has 94 valence electrons. The highest BCUT2D eigenvalue weighted by molar-refractivity contribution is 5.77. The summed E-state index contributed by atoms with van der Waals surface area (Å²) in [7, 11) is 0. The van der Waals surface area contributed by atoms with Gasteiger partial charge in [-0.3, -0.25) is 4.79 Å². The first kappa shape index (κ1) is 13.5. The Morgan fingerprint density at radius 2 is 2.19 bits per heavy atom. The third-order valence-corrected chi connectivity index (χ3v) is 3.19. The van der Waals surface area contributed by atoms with Crippen LogP contribution in [0.2, 0.25) is 0 Å². The van der Waals surface area contributed by atoms with E-state index >= 15 is 0 Å². The summed E-state index contributed by atoms with van der Waals surface area (Å²) in [6.07, 6.45) is 4.30. The van der Waals surface area contributed by atoms with Gasteiger partial charge in [0, 0.05) is 19.8 Å². The minimum atomic E-state index is -0.0444. The molecule has 0 aromatic heterocycles. The summed E-state index contributed by atoms with van der Waals surface area (Å²) in [5.74, 6) is 0.772. The number of aliphatic hydroxyl groups excluding tert-OH is 1. The summed E-state index contributed by atoms with van der Waals surface area (Å²) in [6, 6.07) is 0. The van der Waals surface area contributed by atoms with Crippen LogP contribution in [0.4, 0.5) is 0 Å². The summed E-state index contributed by atoms with van der Waals surface area (Å²) >= 11 is 0. The van der Waals surface area contributed by atoms with E-state index < -0.39 is 0 Å². The van der Waals surface area contributed by atoms with Crippen molar-refractivity contribution in [2.75, 3.05) is 26.4 Å². The summed E-state index contributed by atoms with van der Waals surface area (Å²) in [6.45, 7) is 3.73. The highest BCUT2D eigenvalue weighted by Gasteiger charge is 2.26. The van der Waals surface area contributed by atoms with Crippen LogP contribution in [-0.4, -0.2) is 37.4 Å². The fraction of sp³-hybridized carbons (Fsp3) is 0.917. The molecule has 1 saturated carbocycles. The first-order valence-electron chi connectivity index (χ1n) is 6.23. The Morgan fingerprint density at radius 3 is 2.88 bits per heavy atom. The zero-order chi connectivity index (χ0) is 11.8. The number of rotatable bonds is 7. The number of nitrogens with one attached hydrogen (secondary N) is 1. The largest absolute Gasteiger partial charge is 0.396 e. The van der Waals surface area contributed by atoms with Crippen LogP contribution in [0.25, 0.3) is 0 Å². The normalized spacial score (nSPS) is 24.6. The van der Waals surface area contributed by atoms with Gasteiger partial charge in [-0.1, -0.05) is 13.3 Å². The van der Waals surface area contributed by atoms with Crippen molar-refractivity contribution in [3.05, 3.63) is 0 Å². The molecule has 2 atom stereocenters. The number of carbonyl (C=O) groups excluding carboxylic acids is 1. The summed E-state index contributed by atoms with van der Waals surface area (Å²) in [5, 5.41) is 12.0. The average Bonchev–Trinajstić information content (AvgIpc) is 2.74. The number of hydrogen-bond donors (Lipinski definition) is 2. The second-order valence-electron chi connectivity index (χ2n) is 4.49. The first-order valence-corrected chi connectivity index (χ1v) is 6.23. The third-order valence-electron chi connectivity index (χ3n) is 3.19. The first-order chi connectivity index (χ1) is 7.77. The number of carbonyl (C=O) groups is 1. The van der Waals surface area contributed by atoms with E-state index in [1.807, 2.05) is 6.92 Å². The lowest BCUT2D eigenvalue weighted by Gasteiger charge is -2.17. The van der Waals surface area contributed by atoms with Crippen LogP contribution in [0.3, 0.4) is 0 Å². The summed E-state index contributed by atoms with van der Waals surface area (Å²) in [5.41, 5.74) is 0. The predicted molar refractivity (Wildman–Crippen MR) is 62.0 cm³/mol. The maximum Gasteiger partial charge on any atom is 0.246 e. The molecule has 0 heterocycles. The second kappa shape index (κ2) is 7.63. The molecule has 1 rings (SSSR count). The Labute approximate surface area is 97.4 Å². The summed E-state index contributed by atoms with van der Waals surface area (Å²) in [4.78, 5) is 11.4. The van der Waals surface area contributed by atoms with E-state index in [0.717, 1.165) is 25.7 Å². The molecule has 2 N–H and O–H groups in total. The van der Waals surface area contributed by atoms with E-state index in [1.54, 1.807) is 0 Å². The lowest BCUT2D eigenvalue weighted by Crippen LogP contribution is -2.34. The molecule has 0 aliphatic heterocycles. The smallest absolute Gasteiger partial charge is 0.246 e. The van der Waals surface area contributed by atoms with Crippen LogP contribution >= 0.6 is 0 Å². The molecule has 0 aromatic carbocycles. The van der Waals surface area contributed by atoms with Crippen LogP contribution in [-0.2, 0) is 9.53 Å². The van der Waals surface area contributed by atoms with Crippen molar-refractivity contribution < 1.29 is 14.6 Å². The molecule has 0 saturated heterocycles. The highest BCUT2D eigenvalue weighted by atomic mass is 16.5. The van der Waals surface area contributed by atoms with Gasteiger partial charge in [0.15, 0.2) is 0 Å². The molecule has 0 radical (unpaired) electrons. The lowest BCUT2D eigenvalue weighted by atomic mass is 9.97. The number of aliphatic hydroxyl groups is 1. The van der Waals surface area contributed by atoms with Crippen LogP contribution < -0.4 is 5.32 Å². The molecule has 0 spiro atoms. The second-order valence-corrected chi connectivity index (χ2v) is 4.49. The third kappa shape index (κ3) is 4.49. The standard InChI is InChI=1S/C12H23NO3/c1-2-6-16-9-12(15)13-7-10-4-3-5-11(10)8-14/h10-11,14H,2-9H2,1H3,(H,13,15). The van der Waals surface area contributed by atoms with Gasteiger partial charge < -0.3 is 15.2 Å². The van der Waals surface area contributed by atoms with Crippen molar-refractivity contribution in [3.8, 4) is 0 Å². The molecule has 0 bridgehead atoms. The van der Waals surface area contributed by atoms with Gasteiger partial charge in [-0.25, -0.2) is 0 Å². The SMILES string of the molecule is CCCOCC(=O)NCC1CCCC1CO. The Balaban J connectivity index is 2.11. The molecular formula is C12H23NO3. The molecule has 1 aliphatic rings. The molecule has 1 amide bonds. The topological polar surface area (TPSA) is 58.6 Å². The fourth-order valence-electron chi connectivity index (χ4n) is 2.23. The van der Waals surface area contributed by atoms with Crippen LogP contribution in [0.1, 0.15) is 32.6 Å². The zero-order valence-corrected chi connectivity index (χ0v) is 10.1. The van der Waals surface area contributed by atoms with Crippen LogP contribution in [0.5, 0.6) is 0 Å². The van der Waals surface area contributed by atoms with Crippen molar-refractivity contribution in [3.63, 3.8) is 0 Å². The minimum absolute atomic E-state index is 0.0444. The van der Waals surface area contributed by atoms with E-state index in [2.05, 4.69) is 5.32 Å². The molecule has 2 unspecified atom stereocenters. The van der Waals surface area contributed by atoms with Gasteiger partial charge in [-0.05, 0) is 31.1 Å². The predicted octanol–water partition coefficient (Wildman–Crippen LogP) is 0.938. The summed E-state index contributed by atoms with van der Waals surface area (Å²) < 4.78 is 5.15. The van der Waals surface area contributed by atoms with E-state index in [1.165, 1.54) is 0 Å². The van der Waals surface area contributed by atoms with Gasteiger partial charge in [-0.2, -0.15) is 0 Å². The zero-order valence-electron chi connectivity index (χ0n) is 10.1. The quantitative estimate of drug-likeness (QED) is 0.639. The average molecular weight is 229 g/mol. The Hall–Kier alpha value is -0.610. The molecule has 4 nitrogen and oxygen atoms in total. The van der Waals surface area contributed by atoms with Gasteiger partial charge in [0.25, 0.3) is 0 Å². The maximum absolute atomic E-state index is 11.4. The monoisotopic (exact) mass is 229 g/mol. The highest BCUT2D eigenvalue weighted by Crippen LogP contribution is 2.30. The number of hydrogen-bond acceptors (Lipinski definition) is 3. The van der Waals surface area contributed by atoms with Crippen LogP contribution in [0.15, 0.2) is 0 Å². The van der Waals surface area contributed by atoms with Gasteiger partial charge in [-0.15, -0.1) is 0 Å². The Bertz CT molecular complexity index is 208. The molecule has 4 heteroatoms. The van der Waals surface area contributed by atoms with Crippen molar-refractivity contribution >= 4 is 5.91 Å². The van der Waals surface area contributed by atoms with E-state index in [-0.39, 0.29) is 19.1 Å². The molecule has 1 aliphatic carbocycles. The van der Waals surface area contributed by atoms with Crippen molar-refractivity contribution in [1.82, 2.24) is 5.32 Å². The van der Waals surface area contributed by atoms with Gasteiger partial charge in [0.05, 0.1) is 0 Å². The van der Waals surface area contributed by atoms with E-state index in [0.29, 0.717) is 25.0 Å². The van der Waals surface area contributed by atoms with Crippen molar-refractivity contribution in [2.24, 2.45) is 11.8 Å².